The Balaban J connectivity index is 1.58. The number of rotatable bonds is 5. The maximum absolute atomic E-state index is 12.6. The smallest absolute Gasteiger partial charge is 0.267 e. The highest BCUT2D eigenvalue weighted by molar-refractivity contribution is 6.07. The minimum absolute atomic E-state index is 0.0711. The Kier molecular flexibility index (Phi) is 4.64. The summed E-state index contributed by atoms with van der Waals surface area (Å²) < 4.78 is 8.72. The van der Waals surface area contributed by atoms with Gasteiger partial charge in [-0.15, -0.1) is 0 Å². The summed E-state index contributed by atoms with van der Waals surface area (Å²) in [5, 5.41) is 10.9. The standard InChI is InChI=1S/C19H21N5O3/c1-27-8-7-23-12-15(11-21-23)22-18(25)14-4-3-13-9-17-19(26)20-5-2-6-24(17)16(13)10-14/h3-4,9-12H,2,5-8H2,1H3,(H,20,26)(H,22,25). The van der Waals surface area contributed by atoms with Crippen molar-refractivity contribution < 1.29 is 14.3 Å². The lowest BCUT2D eigenvalue weighted by atomic mass is 10.1. The van der Waals surface area contributed by atoms with Crippen molar-refractivity contribution in [3.63, 3.8) is 0 Å². The predicted molar refractivity (Wildman–Crippen MR) is 101 cm³/mol. The Morgan fingerprint density at radius 1 is 1.37 bits per heavy atom. The van der Waals surface area contributed by atoms with E-state index in [2.05, 4.69) is 15.7 Å². The molecular formula is C19H21N5O3. The zero-order valence-corrected chi connectivity index (χ0v) is 15.1. The first-order chi connectivity index (χ1) is 13.2. The SMILES string of the molecule is COCCn1cc(NC(=O)c2ccc3cc4n(c3c2)CCCNC4=O)cn1. The molecule has 0 spiro atoms. The van der Waals surface area contributed by atoms with Crippen LogP contribution in [0.25, 0.3) is 10.9 Å². The first-order valence-corrected chi connectivity index (χ1v) is 8.90. The van der Waals surface area contributed by atoms with Crippen molar-refractivity contribution in [3.8, 4) is 0 Å². The number of fused-ring (bicyclic) bond motifs is 3. The number of carbonyl (C=O) groups excluding carboxylic acids is 2. The minimum Gasteiger partial charge on any atom is -0.383 e. The summed E-state index contributed by atoms with van der Waals surface area (Å²) in [4.78, 5) is 24.8. The molecule has 0 saturated heterocycles. The molecule has 8 heteroatoms. The summed E-state index contributed by atoms with van der Waals surface area (Å²) in [5.41, 5.74) is 2.70. The van der Waals surface area contributed by atoms with Gasteiger partial charge >= 0.3 is 0 Å². The fraction of sp³-hybridized carbons (Fsp3) is 0.316. The van der Waals surface area contributed by atoms with Gasteiger partial charge in [0, 0.05) is 42.9 Å². The van der Waals surface area contributed by atoms with Crippen LogP contribution in [0.3, 0.4) is 0 Å². The number of aromatic nitrogens is 3. The van der Waals surface area contributed by atoms with Crippen LogP contribution in [0.5, 0.6) is 0 Å². The molecule has 1 aliphatic rings. The second kappa shape index (κ2) is 7.24. The van der Waals surface area contributed by atoms with Gasteiger partial charge in [0.2, 0.25) is 0 Å². The number of benzene rings is 1. The monoisotopic (exact) mass is 367 g/mol. The molecule has 2 N–H and O–H groups in total. The molecule has 0 atom stereocenters. The minimum atomic E-state index is -0.211. The molecule has 4 rings (SSSR count). The Morgan fingerprint density at radius 2 is 2.26 bits per heavy atom. The Hall–Kier alpha value is -3.13. The number of hydrogen-bond acceptors (Lipinski definition) is 4. The molecule has 0 bridgehead atoms. The molecule has 1 aromatic carbocycles. The second-order valence-corrected chi connectivity index (χ2v) is 6.50. The fourth-order valence-electron chi connectivity index (χ4n) is 3.29. The third-order valence-corrected chi connectivity index (χ3v) is 4.66. The quantitative estimate of drug-likeness (QED) is 0.720. The molecule has 3 heterocycles. The van der Waals surface area contributed by atoms with E-state index in [0.717, 1.165) is 23.9 Å². The summed E-state index contributed by atoms with van der Waals surface area (Å²) in [5.74, 6) is -0.282. The van der Waals surface area contributed by atoms with Crippen LogP contribution < -0.4 is 10.6 Å². The van der Waals surface area contributed by atoms with E-state index in [4.69, 9.17) is 4.74 Å². The van der Waals surface area contributed by atoms with Crippen molar-refractivity contribution in [2.45, 2.75) is 19.5 Å². The van der Waals surface area contributed by atoms with Crippen LogP contribution in [0.2, 0.25) is 0 Å². The van der Waals surface area contributed by atoms with E-state index in [1.165, 1.54) is 0 Å². The van der Waals surface area contributed by atoms with Crippen molar-refractivity contribution in [2.75, 3.05) is 25.6 Å². The van der Waals surface area contributed by atoms with Gasteiger partial charge in [-0.3, -0.25) is 14.3 Å². The molecule has 0 fully saturated rings. The number of methoxy groups -OCH3 is 1. The molecule has 2 amide bonds. The third-order valence-electron chi connectivity index (χ3n) is 4.66. The van der Waals surface area contributed by atoms with Crippen molar-refractivity contribution in [3.05, 3.63) is 47.9 Å². The van der Waals surface area contributed by atoms with Crippen LogP contribution in [0, 0.1) is 0 Å². The van der Waals surface area contributed by atoms with Gasteiger partial charge in [0.15, 0.2) is 0 Å². The highest BCUT2D eigenvalue weighted by Gasteiger charge is 2.19. The maximum atomic E-state index is 12.6. The van der Waals surface area contributed by atoms with E-state index in [1.807, 2.05) is 22.8 Å². The molecule has 2 aromatic heterocycles. The summed E-state index contributed by atoms with van der Waals surface area (Å²) in [6.07, 6.45) is 4.24. The van der Waals surface area contributed by atoms with Crippen LogP contribution in [-0.4, -0.2) is 46.4 Å². The van der Waals surface area contributed by atoms with Crippen LogP contribution in [0.4, 0.5) is 5.69 Å². The van der Waals surface area contributed by atoms with Crippen molar-refractivity contribution in [1.82, 2.24) is 19.7 Å². The van der Waals surface area contributed by atoms with E-state index in [-0.39, 0.29) is 11.8 Å². The van der Waals surface area contributed by atoms with Crippen molar-refractivity contribution in [2.24, 2.45) is 0 Å². The summed E-state index contributed by atoms with van der Waals surface area (Å²) in [6.45, 7) is 2.58. The lowest BCUT2D eigenvalue weighted by molar-refractivity contribution is 0.0950. The van der Waals surface area contributed by atoms with Gasteiger partial charge in [-0.2, -0.15) is 5.10 Å². The van der Waals surface area contributed by atoms with E-state index in [1.54, 1.807) is 30.3 Å². The molecular weight excluding hydrogens is 346 g/mol. The Morgan fingerprint density at radius 3 is 3.11 bits per heavy atom. The molecule has 0 unspecified atom stereocenters. The van der Waals surface area contributed by atoms with Gasteiger partial charge in [0.25, 0.3) is 11.8 Å². The first kappa shape index (κ1) is 17.3. The summed E-state index contributed by atoms with van der Waals surface area (Å²) in [7, 11) is 1.63. The van der Waals surface area contributed by atoms with E-state index < -0.39 is 0 Å². The van der Waals surface area contributed by atoms with Gasteiger partial charge in [0.1, 0.15) is 5.69 Å². The highest BCUT2D eigenvalue weighted by Crippen LogP contribution is 2.23. The molecule has 3 aromatic rings. The highest BCUT2D eigenvalue weighted by atomic mass is 16.5. The van der Waals surface area contributed by atoms with Gasteiger partial charge in [-0.05, 0) is 24.6 Å². The number of ether oxygens (including phenoxy) is 1. The van der Waals surface area contributed by atoms with Gasteiger partial charge < -0.3 is 19.9 Å². The van der Waals surface area contributed by atoms with E-state index in [0.29, 0.717) is 36.6 Å². The number of nitrogens with one attached hydrogen (secondary N) is 2. The summed E-state index contributed by atoms with van der Waals surface area (Å²) >= 11 is 0. The Labute approximate surface area is 156 Å². The van der Waals surface area contributed by atoms with Crippen molar-refractivity contribution >= 4 is 28.4 Å². The maximum Gasteiger partial charge on any atom is 0.267 e. The first-order valence-electron chi connectivity index (χ1n) is 8.90. The normalized spacial score (nSPS) is 13.9. The van der Waals surface area contributed by atoms with Gasteiger partial charge in [0.05, 0.1) is 25.0 Å². The molecule has 8 nitrogen and oxygen atoms in total. The number of amides is 2. The average Bonchev–Trinajstić information content (AvgIpc) is 3.22. The van der Waals surface area contributed by atoms with Crippen molar-refractivity contribution in [1.29, 1.82) is 0 Å². The number of aryl methyl sites for hydroxylation is 1. The van der Waals surface area contributed by atoms with Crippen LogP contribution in [-0.2, 0) is 17.8 Å². The number of hydrogen-bond donors (Lipinski definition) is 2. The van der Waals surface area contributed by atoms with E-state index in [9.17, 15) is 9.59 Å². The van der Waals surface area contributed by atoms with Gasteiger partial charge in [-0.1, -0.05) is 6.07 Å². The molecule has 1 aliphatic heterocycles. The lowest BCUT2D eigenvalue weighted by Crippen LogP contribution is -2.22. The zero-order valence-electron chi connectivity index (χ0n) is 15.1. The number of anilines is 1. The van der Waals surface area contributed by atoms with Crippen LogP contribution in [0.15, 0.2) is 36.7 Å². The largest absolute Gasteiger partial charge is 0.383 e. The fourth-order valence-corrected chi connectivity index (χ4v) is 3.29. The Bertz CT molecular complexity index is 1000. The zero-order chi connectivity index (χ0) is 18.8. The van der Waals surface area contributed by atoms with Gasteiger partial charge in [-0.25, -0.2) is 0 Å². The number of nitrogens with zero attached hydrogens (tertiary/aromatic N) is 3. The molecule has 0 saturated carbocycles. The molecule has 140 valence electrons. The molecule has 0 radical (unpaired) electrons. The van der Waals surface area contributed by atoms with E-state index >= 15 is 0 Å². The van der Waals surface area contributed by atoms with Crippen LogP contribution >= 0.6 is 0 Å². The lowest BCUT2D eigenvalue weighted by Gasteiger charge is -2.07. The summed E-state index contributed by atoms with van der Waals surface area (Å²) in [6, 6.07) is 7.35. The molecule has 27 heavy (non-hydrogen) atoms. The second-order valence-electron chi connectivity index (χ2n) is 6.50. The molecule has 0 aliphatic carbocycles. The topological polar surface area (TPSA) is 90.2 Å². The number of carbonyl (C=O) groups is 2. The average molecular weight is 367 g/mol. The predicted octanol–water partition coefficient (Wildman–Crippen LogP) is 1.87. The third kappa shape index (κ3) is 3.43. The van der Waals surface area contributed by atoms with Crippen LogP contribution in [0.1, 0.15) is 27.3 Å².